The summed E-state index contributed by atoms with van der Waals surface area (Å²) in [6, 6.07) is 13.1. The van der Waals surface area contributed by atoms with Crippen molar-refractivity contribution in [2.75, 3.05) is 0 Å². The Kier molecular flexibility index (Phi) is 6.96. The zero-order valence-electron chi connectivity index (χ0n) is 9.16. The average molecular weight is 298 g/mol. The third-order valence-electron chi connectivity index (χ3n) is 2.76. The van der Waals surface area contributed by atoms with Gasteiger partial charge >= 0.3 is 21.7 Å². The summed E-state index contributed by atoms with van der Waals surface area (Å²) >= 11 is 0. The van der Waals surface area contributed by atoms with Crippen LogP contribution in [0.2, 0.25) is 0 Å². The summed E-state index contributed by atoms with van der Waals surface area (Å²) in [7, 11) is 0. The number of halogens is 2. The summed E-state index contributed by atoms with van der Waals surface area (Å²) in [5.41, 5.74) is 2.80. The molecule has 0 N–H and O–H groups in total. The van der Waals surface area contributed by atoms with Crippen molar-refractivity contribution in [3.05, 3.63) is 60.2 Å². The van der Waals surface area contributed by atoms with Crippen molar-refractivity contribution in [2.45, 2.75) is 6.42 Å². The Labute approximate surface area is 129 Å². The van der Waals surface area contributed by atoms with Crippen LogP contribution in [-0.4, -0.2) is 0 Å². The first-order valence-electron chi connectivity index (χ1n) is 4.95. The van der Waals surface area contributed by atoms with Gasteiger partial charge in [0.15, 0.2) is 0 Å². The Morgan fingerprint density at radius 2 is 1.82 bits per heavy atom. The van der Waals surface area contributed by atoms with Crippen molar-refractivity contribution in [2.24, 2.45) is 0 Å². The van der Waals surface area contributed by atoms with Gasteiger partial charge in [-0.15, -0.1) is 40.1 Å². The minimum atomic E-state index is 0. The normalized spacial score (nSPS) is 12.4. The maximum absolute atomic E-state index is 2.27. The van der Waals surface area contributed by atoms with Gasteiger partial charge in [-0.3, -0.25) is 0 Å². The molecule has 0 heterocycles. The van der Waals surface area contributed by atoms with E-state index >= 15 is 0 Å². The fraction of sp³-hybridized carbons (Fsp3) is 0.0714. The second-order valence-electron chi connectivity index (χ2n) is 3.70. The molecule has 1 aliphatic carbocycles. The van der Waals surface area contributed by atoms with Crippen LogP contribution in [0, 0.1) is 0 Å². The summed E-state index contributed by atoms with van der Waals surface area (Å²) in [4.78, 5) is 0. The van der Waals surface area contributed by atoms with E-state index < -0.39 is 0 Å². The molecule has 0 nitrogen and oxygen atoms in total. The molecular formula is C14H11Cl2Ti. The van der Waals surface area contributed by atoms with Gasteiger partial charge in [0.05, 0.1) is 0 Å². The smallest absolute Gasteiger partial charge is 1.00 e. The van der Waals surface area contributed by atoms with Crippen LogP contribution < -0.4 is 24.8 Å². The summed E-state index contributed by atoms with van der Waals surface area (Å²) < 4.78 is 0. The number of benzene rings is 1. The van der Waals surface area contributed by atoms with E-state index in [0.717, 1.165) is 6.42 Å². The van der Waals surface area contributed by atoms with Gasteiger partial charge in [-0.25, -0.2) is 0 Å². The Morgan fingerprint density at radius 1 is 1.06 bits per heavy atom. The predicted molar refractivity (Wildman–Crippen MR) is 61.3 cm³/mol. The predicted octanol–water partition coefficient (Wildman–Crippen LogP) is -2.09. The number of allylic oxidation sites excluding steroid dienone is 4. The molecular weight excluding hydrogens is 287 g/mol. The van der Waals surface area contributed by atoms with Gasteiger partial charge in [-0.2, -0.15) is 0 Å². The van der Waals surface area contributed by atoms with E-state index in [4.69, 9.17) is 0 Å². The molecule has 0 unspecified atom stereocenters. The summed E-state index contributed by atoms with van der Waals surface area (Å²) in [6.07, 6.45) is 7.62. The first-order valence-corrected chi connectivity index (χ1v) is 4.95. The molecule has 0 aliphatic heterocycles. The van der Waals surface area contributed by atoms with E-state index in [-0.39, 0.29) is 46.5 Å². The number of hydrogen-bond donors (Lipinski definition) is 0. The minimum absolute atomic E-state index is 0. The van der Waals surface area contributed by atoms with Crippen LogP contribution in [0.15, 0.2) is 54.6 Å². The van der Waals surface area contributed by atoms with E-state index in [0.29, 0.717) is 0 Å². The van der Waals surface area contributed by atoms with E-state index in [2.05, 4.69) is 54.6 Å². The summed E-state index contributed by atoms with van der Waals surface area (Å²) in [5, 5.41) is 2.69. The molecule has 1 aliphatic rings. The van der Waals surface area contributed by atoms with E-state index in [1.807, 2.05) is 0 Å². The molecule has 2 aromatic carbocycles. The molecule has 0 spiro atoms. The van der Waals surface area contributed by atoms with E-state index in [9.17, 15) is 0 Å². The number of fused-ring (bicyclic) bond motifs is 1. The molecule has 0 bridgehead atoms. The zero-order chi connectivity index (χ0) is 9.38. The monoisotopic (exact) mass is 297 g/mol. The van der Waals surface area contributed by atoms with Gasteiger partial charge in [-0.05, 0) is 6.42 Å². The van der Waals surface area contributed by atoms with Gasteiger partial charge in [0.2, 0.25) is 0 Å². The fourth-order valence-electron chi connectivity index (χ4n) is 2.00. The van der Waals surface area contributed by atoms with Gasteiger partial charge in [0.1, 0.15) is 0 Å². The Hall–Kier alpha value is -0.396. The van der Waals surface area contributed by atoms with Crippen molar-refractivity contribution in [3.63, 3.8) is 0 Å². The molecule has 0 aromatic heterocycles. The van der Waals surface area contributed by atoms with Gasteiger partial charge in [0, 0.05) is 0 Å². The van der Waals surface area contributed by atoms with Crippen LogP contribution in [0.25, 0.3) is 16.3 Å². The van der Waals surface area contributed by atoms with E-state index in [1.54, 1.807) is 0 Å². The van der Waals surface area contributed by atoms with Crippen molar-refractivity contribution in [1.29, 1.82) is 0 Å². The molecule has 0 saturated heterocycles. The number of rotatable bonds is 1. The third kappa shape index (κ3) is 3.30. The molecule has 3 rings (SSSR count). The van der Waals surface area contributed by atoms with Gasteiger partial charge in [-0.1, -0.05) is 36.4 Å². The molecule has 0 amide bonds. The first kappa shape index (κ1) is 16.6. The Balaban J connectivity index is 0.000000853. The van der Waals surface area contributed by atoms with Gasteiger partial charge < -0.3 is 24.8 Å². The van der Waals surface area contributed by atoms with Crippen molar-refractivity contribution in [1.82, 2.24) is 0 Å². The molecule has 85 valence electrons. The molecule has 0 saturated carbocycles. The van der Waals surface area contributed by atoms with Crippen LogP contribution in [0.3, 0.4) is 0 Å². The minimum Gasteiger partial charge on any atom is -1.00 e. The fourth-order valence-corrected chi connectivity index (χ4v) is 2.00. The largest absolute Gasteiger partial charge is 3.00 e. The molecule has 1 radical (unpaired) electrons. The van der Waals surface area contributed by atoms with Crippen LogP contribution >= 0.6 is 0 Å². The molecule has 2 aromatic rings. The average Bonchev–Trinajstić information content (AvgIpc) is 2.86. The van der Waals surface area contributed by atoms with E-state index in [1.165, 1.54) is 21.9 Å². The van der Waals surface area contributed by atoms with Crippen molar-refractivity contribution < 1.29 is 46.5 Å². The third-order valence-corrected chi connectivity index (χ3v) is 2.76. The van der Waals surface area contributed by atoms with Crippen LogP contribution in [0.4, 0.5) is 0 Å². The Morgan fingerprint density at radius 3 is 2.47 bits per heavy atom. The molecule has 3 heteroatoms. The quantitative estimate of drug-likeness (QED) is 0.418. The standard InChI is InChI=1S/C14H11.2ClH.Ti/c1-2-6-11(5-1)14-9-12-7-3-4-8-13(12)10-14;;;/h1-5,7-10H,6H2;2*1H;/q-1;;;+3/p-2. The van der Waals surface area contributed by atoms with Crippen molar-refractivity contribution >= 4 is 16.3 Å². The Bertz CT molecular complexity index is 505. The molecule has 17 heavy (non-hydrogen) atoms. The SMILES string of the molecule is C1=CCC(c2cc3ccccc3[cH-]2)=C1.[Cl-].[Cl-].[Ti+3]. The number of hydrogen-bond acceptors (Lipinski definition) is 0. The van der Waals surface area contributed by atoms with Crippen LogP contribution in [0.1, 0.15) is 12.0 Å². The summed E-state index contributed by atoms with van der Waals surface area (Å²) in [5.74, 6) is 0. The summed E-state index contributed by atoms with van der Waals surface area (Å²) in [6.45, 7) is 0. The second kappa shape index (κ2) is 7.13. The molecule has 0 fully saturated rings. The van der Waals surface area contributed by atoms with Gasteiger partial charge in [0.25, 0.3) is 0 Å². The van der Waals surface area contributed by atoms with Crippen LogP contribution in [-0.2, 0) is 21.7 Å². The molecule has 0 atom stereocenters. The zero-order valence-corrected chi connectivity index (χ0v) is 12.2. The topological polar surface area (TPSA) is 0 Å². The first-order chi connectivity index (χ1) is 6.93. The van der Waals surface area contributed by atoms with Crippen molar-refractivity contribution in [3.8, 4) is 0 Å². The maximum Gasteiger partial charge on any atom is 3.00 e. The second-order valence-corrected chi connectivity index (χ2v) is 3.70. The van der Waals surface area contributed by atoms with Crippen LogP contribution in [0.5, 0.6) is 0 Å². The maximum atomic E-state index is 2.27.